The third kappa shape index (κ3) is 5.29. The maximum Gasteiger partial charge on any atom is 0.319 e. The van der Waals surface area contributed by atoms with Crippen LogP contribution < -0.4 is 24.8 Å². The molecule has 0 unspecified atom stereocenters. The van der Waals surface area contributed by atoms with Crippen LogP contribution in [0.4, 0.5) is 10.5 Å². The molecule has 0 aromatic heterocycles. The molecule has 0 saturated carbocycles. The standard InChI is InChI=1S/C18H21BrN2O4/c1-23-15-7-5-13(19)11-14(15)21-18(22)20-9-8-12-4-6-16(24-2)17(10-12)25-3/h4-7,10-11H,8-9H2,1-3H3,(H2,20,21,22). The van der Waals surface area contributed by atoms with Crippen molar-refractivity contribution < 1.29 is 19.0 Å². The van der Waals surface area contributed by atoms with Gasteiger partial charge in [-0.25, -0.2) is 4.79 Å². The monoisotopic (exact) mass is 408 g/mol. The molecule has 0 aliphatic rings. The van der Waals surface area contributed by atoms with Gasteiger partial charge in [0.1, 0.15) is 5.75 Å². The second kappa shape index (κ2) is 9.17. The van der Waals surface area contributed by atoms with Gasteiger partial charge in [0.15, 0.2) is 11.5 Å². The predicted molar refractivity (Wildman–Crippen MR) is 101 cm³/mol. The minimum absolute atomic E-state index is 0.295. The summed E-state index contributed by atoms with van der Waals surface area (Å²) in [5.41, 5.74) is 1.64. The molecule has 2 aromatic carbocycles. The van der Waals surface area contributed by atoms with Crippen LogP contribution in [-0.2, 0) is 6.42 Å². The van der Waals surface area contributed by atoms with Crippen molar-refractivity contribution in [3.63, 3.8) is 0 Å². The fraction of sp³-hybridized carbons (Fsp3) is 0.278. The van der Waals surface area contributed by atoms with Gasteiger partial charge >= 0.3 is 6.03 Å². The molecule has 0 aliphatic carbocycles. The first kappa shape index (κ1) is 18.9. The molecular weight excluding hydrogens is 388 g/mol. The Balaban J connectivity index is 1.90. The molecule has 7 heteroatoms. The number of hydrogen-bond acceptors (Lipinski definition) is 4. The Morgan fingerprint density at radius 1 is 0.960 bits per heavy atom. The number of rotatable bonds is 7. The van der Waals surface area contributed by atoms with Crippen LogP contribution in [0.25, 0.3) is 0 Å². The molecule has 2 aromatic rings. The van der Waals surface area contributed by atoms with Gasteiger partial charge in [-0.15, -0.1) is 0 Å². The van der Waals surface area contributed by atoms with Crippen LogP contribution in [0.5, 0.6) is 17.2 Å². The number of amides is 2. The van der Waals surface area contributed by atoms with E-state index in [1.807, 2.05) is 24.3 Å². The maximum absolute atomic E-state index is 12.1. The van der Waals surface area contributed by atoms with Gasteiger partial charge in [-0.05, 0) is 42.3 Å². The van der Waals surface area contributed by atoms with E-state index in [2.05, 4.69) is 26.6 Å². The Bertz CT molecular complexity index is 737. The predicted octanol–water partition coefficient (Wildman–Crippen LogP) is 3.84. The summed E-state index contributed by atoms with van der Waals surface area (Å²) in [6.07, 6.45) is 0.670. The molecule has 2 rings (SSSR count). The smallest absolute Gasteiger partial charge is 0.319 e. The second-order valence-electron chi connectivity index (χ2n) is 5.16. The summed E-state index contributed by atoms with van der Waals surface area (Å²) in [6, 6.07) is 10.8. The minimum atomic E-state index is -0.295. The highest BCUT2D eigenvalue weighted by atomic mass is 79.9. The normalized spacial score (nSPS) is 10.1. The lowest BCUT2D eigenvalue weighted by Gasteiger charge is -2.12. The van der Waals surface area contributed by atoms with Crippen molar-refractivity contribution in [3.8, 4) is 17.2 Å². The Morgan fingerprint density at radius 3 is 2.32 bits per heavy atom. The number of carbonyl (C=O) groups is 1. The molecule has 0 fully saturated rings. The lowest BCUT2D eigenvalue weighted by Crippen LogP contribution is -2.30. The first-order valence-corrected chi connectivity index (χ1v) is 8.46. The molecule has 0 atom stereocenters. The zero-order valence-corrected chi connectivity index (χ0v) is 16.0. The van der Waals surface area contributed by atoms with Crippen molar-refractivity contribution >= 4 is 27.6 Å². The van der Waals surface area contributed by atoms with Gasteiger partial charge in [0, 0.05) is 11.0 Å². The van der Waals surface area contributed by atoms with Crippen molar-refractivity contribution in [1.82, 2.24) is 5.32 Å². The van der Waals surface area contributed by atoms with Crippen LogP contribution in [0.3, 0.4) is 0 Å². The number of urea groups is 1. The van der Waals surface area contributed by atoms with Gasteiger partial charge in [0.05, 0.1) is 27.0 Å². The first-order chi connectivity index (χ1) is 12.1. The molecule has 25 heavy (non-hydrogen) atoms. The van der Waals surface area contributed by atoms with Crippen LogP contribution >= 0.6 is 15.9 Å². The number of methoxy groups -OCH3 is 3. The van der Waals surface area contributed by atoms with Crippen molar-refractivity contribution in [2.45, 2.75) is 6.42 Å². The molecule has 2 amide bonds. The van der Waals surface area contributed by atoms with Crippen LogP contribution in [0.1, 0.15) is 5.56 Å². The second-order valence-corrected chi connectivity index (χ2v) is 6.08. The number of halogens is 1. The Hall–Kier alpha value is -2.41. The quantitative estimate of drug-likeness (QED) is 0.729. The highest BCUT2D eigenvalue weighted by molar-refractivity contribution is 9.10. The van der Waals surface area contributed by atoms with Crippen molar-refractivity contribution in [2.75, 3.05) is 33.2 Å². The Kier molecular flexibility index (Phi) is 6.94. The number of carbonyl (C=O) groups excluding carboxylic acids is 1. The van der Waals surface area contributed by atoms with Crippen LogP contribution in [0.15, 0.2) is 40.9 Å². The van der Waals surface area contributed by atoms with Crippen molar-refractivity contribution in [3.05, 3.63) is 46.4 Å². The maximum atomic E-state index is 12.1. The third-order valence-electron chi connectivity index (χ3n) is 3.56. The van der Waals surface area contributed by atoms with E-state index in [0.29, 0.717) is 35.9 Å². The summed E-state index contributed by atoms with van der Waals surface area (Å²) in [6.45, 7) is 0.484. The van der Waals surface area contributed by atoms with E-state index in [1.165, 1.54) is 0 Å². The zero-order chi connectivity index (χ0) is 18.2. The summed E-state index contributed by atoms with van der Waals surface area (Å²) < 4.78 is 16.6. The Morgan fingerprint density at radius 2 is 1.64 bits per heavy atom. The van der Waals surface area contributed by atoms with Gasteiger partial charge < -0.3 is 24.8 Å². The van der Waals surface area contributed by atoms with E-state index in [4.69, 9.17) is 14.2 Å². The van der Waals surface area contributed by atoms with E-state index in [9.17, 15) is 4.79 Å². The van der Waals surface area contributed by atoms with Crippen molar-refractivity contribution in [1.29, 1.82) is 0 Å². The molecule has 6 nitrogen and oxygen atoms in total. The molecule has 0 radical (unpaired) electrons. The average molecular weight is 409 g/mol. The number of anilines is 1. The molecule has 0 bridgehead atoms. The van der Waals surface area contributed by atoms with E-state index < -0.39 is 0 Å². The lowest BCUT2D eigenvalue weighted by molar-refractivity contribution is 0.252. The molecular formula is C18H21BrN2O4. The van der Waals surface area contributed by atoms with Gasteiger partial charge in [-0.3, -0.25) is 0 Å². The van der Waals surface area contributed by atoms with E-state index in [-0.39, 0.29) is 6.03 Å². The molecule has 0 saturated heterocycles. The first-order valence-electron chi connectivity index (χ1n) is 7.66. The summed E-state index contributed by atoms with van der Waals surface area (Å²) in [5, 5.41) is 5.60. The lowest BCUT2D eigenvalue weighted by atomic mass is 10.1. The summed E-state index contributed by atoms with van der Waals surface area (Å²) >= 11 is 3.37. The SMILES string of the molecule is COc1ccc(Br)cc1NC(=O)NCCc1ccc(OC)c(OC)c1. The van der Waals surface area contributed by atoms with E-state index in [0.717, 1.165) is 10.0 Å². The third-order valence-corrected chi connectivity index (χ3v) is 4.05. The largest absolute Gasteiger partial charge is 0.495 e. The summed E-state index contributed by atoms with van der Waals surface area (Å²) in [7, 11) is 4.75. The van der Waals surface area contributed by atoms with Gasteiger partial charge in [0.25, 0.3) is 0 Å². The fourth-order valence-electron chi connectivity index (χ4n) is 2.30. The molecule has 0 spiro atoms. The highest BCUT2D eigenvalue weighted by Gasteiger charge is 2.08. The summed E-state index contributed by atoms with van der Waals surface area (Å²) in [4.78, 5) is 12.1. The summed E-state index contributed by atoms with van der Waals surface area (Å²) in [5.74, 6) is 1.94. The molecule has 0 heterocycles. The van der Waals surface area contributed by atoms with E-state index in [1.54, 1.807) is 33.5 Å². The molecule has 134 valence electrons. The average Bonchev–Trinajstić information content (AvgIpc) is 2.61. The van der Waals surface area contributed by atoms with Crippen LogP contribution in [0.2, 0.25) is 0 Å². The van der Waals surface area contributed by atoms with Gasteiger partial charge in [-0.2, -0.15) is 0 Å². The number of ether oxygens (including phenoxy) is 3. The number of benzene rings is 2. The highest BCUT2D eigenvalue weighted by Crippen LogP contribution is 2.28. The topological polar surface area (TPSA) is 68.8 Å². The Labute approximate surface area is 155 Å². The molecule has 0 aliphatic heterocycles. The van der Waals surface area contributed by atoms with Crippen LogP contribution in [0, 0.1) is 0 Å². The minimum Gasteiger partial charge on any atom is -0.495 e. The van der Waals surface area contributed by atoms with Gasteiger partial charge in [-0.1, -0.05) is 22.0 Å². The number of hydrogen-bond donors (Lipinski definition) is 2. The fourth-order valence-corrected chi connectivity index (χ4v) is 2.66. The molecule has 2 N–H and O–H groups in total. The van der Waals surface area contributed by atoms with Crippen LogP contribution in [-0.4, -0.2) is 33.9 Å². The zero-order valence-electron chi connectivity index (χ0n) is 14.4. The van der Waals surface area contributed by atoms with Crippen molar-refractivity contribution in [2.24, 2.45) is 0 Å². The van der Waals surface area contributed by atoms with E-state index >= 15 is 0 Å². The van der Waals surface area contributed by atoms with Gasteiger partial charge in [0.2, 0.25) is 0 Å². The number of nitrogens with one attached hydrogen (secondary N) is 2.